The van der Waals surface area contributed by atoms with Crippen LogP contribution in [0, 0.1) is 0 Å². The van der Waals surface area contributed by atoms with E-state index in [1.807, 2.05) is 24.3 Å². The van der Waals surface area contributed by atoms with Crippen LogP contribution in [0.3, 0.4) is 0 Å². The van der Waals surface area contributed by atoms with Crippen molar-refractivity contribution in [3.05, 3.63) is 36.4 Å². The third-order valence-electron chi connectivity index (χ3n) is 3.60. The maximum Gasteiger partial charge on any atom is 0.123 e. The Balaban J connectivity index is 1.85. The van der Waals surface area contributed by atoms with Crippen molar-refractivity contribution in [2.24, 2.45) is 0 Å². The van der Waals surface area contributed by atoms with E-state index in [1.54, 1.807) is 6.07 Å². The normalized spacial score (nSPS) is 19.2. The molecule has 2 aromatic carbocycles. The van der Waals surface area contributed by atoms with Crippen LogP contribution in [0.25, 0.3) is 10.8 Å². The smallest absolute Gasteiger partial charge is 0.123 e. The molecule has 3 N–H and O–H groups in total. The van der Waals surface area contributed by atoms with Crippen molar-refractivity contribution in [2.45, 2.75) is 18.9 Å². The molecule has 1 saturated heterocycles. The molecular formula is C15H18N2O. The molecule has 2 aromatic rings. The van der Waals surface area contributed by atoms with E-state index in [0.29, 0.717) is 11.8 Å². The molecule has 3 heteroatoms. The van der Waals surface area contributed by atoms with Crippen molar-refractivity contribution >= 4 is 16.5 Å². The quantitative estimate of drug-likeness (QED) is 0.775. The Kier molecular flexibility index (Phi) is 3.07. The highest BCUT2D eigenvalue weighted by Gasteiger charge is 2.13. The Hall–Kier alpha value is -1.74. The van der Waals surface area contributed by atoms with E-state index in [0.717, 1.165) is 29.5 Å². The second kappa shape index (κ2) is 4.86. The number of benzene rings is 2. The molecule has 0 saturated carbocycles. The molecule has 0 spiro atoms. The molecule has 1 aliphatic rings. The Morgan fingerprint density at radius 1 is 1.17 bits per heavy atom. The molecule has 0 aliphatic carbocycles. The van der Waals surface area contributed by atoms with Gasteiger partial charge in [-0.1, -0.05) is 24.3 Å². The van der Waals surface area contributed by atoms with E-state index < -0.39 is 0 Å². The number of anilines is 1. The highest BCUT2D eigenvalue weighted by molar-refractivity contribution is 5.97. The van der Waals surface area contributed by atoms with Crippen molar-refractivity contribution in [1.29, 1.82) is 0 Å². The summed E-state index contributed by atoms with van der Waals surface area (Å²) in [5.74, 6) is 0.343. The van der Waals surface area contributed by atoms with Crippen LogP contribution >= 0.6 is 0 Å². The monoisotopic (exact) mass is 242 g/mol. The number of nitrogens with one attached hydrogen (secondary N) is 2. The highest BCUT2D eigenvalue weighted by atomic mass is 16.3. The molecule has 3 rings (SSSR count). The minimum atomic E-state index is 0.343. The fourth-order valence-corrected chi connectivity index (χ4v) is 2.61. The second-order valence-corrected chi connectivity index (χ2v) is 4.85. The molecule has 1 unspecified atom stereocenters. The van der Waals surface area contributed by atoms with Crippen LogP contribution in [0.4, 0.5) is 5.69 Å². The lowest BCUT2D eigenvalue weighted by molar-refractivity contribution is 0.481. The van der Waals surface area contributed by atoms with Gasteiger partial charge in [-0.25, -0.2) is 0 Å². The van der Waals surface area contributed by atoms with Crippen LogP contribution in [0.1, 0.15) is 12.8 Å². The van der Waals surface area contributed by atoms with Crippen molar-refractivity contribution in [3.8, 4) is 5.75 Å². The number of hydrogen-bond acceptors (Lipinski definition) is 3. The average molecular weight is 242 g/mol. The lowest BCUT2D eigenvalue weighted by atomic mass is 10.1. The highest BCUT2D eigenvalue weighted by Crippen LogP contribution is 2.29. The zero-order valence-electron chi connectivity index (χ0n) is 10.3. The van der Waals surface area contributed by atoms with Crippen molar-refractivity contribution in [3.63, 3.8) is 0 Å². The van der Waals surface area contributed by atoms with Crippen LogP contribution in [-0.4, -0.2) is 24.2 Å². The predicted molar refractivity (Wildman–Crippen MR) is 75.1 cm³/mol. The summed E-state index contributed by atoms with van der Waals surface area (Å²) in [6.07, 6.45) is 2.51. The van der Waals surface area contributed by atoms with Gasteiger partial charge in [0.2, 0.25) is 0 Å². The van der Waals surface area contributed by atoms with E-state index in [2.05, 4.69) is 16.7 Å². The summed E-state index contributed by atoms with van der Waals surface area (Å²) in [7, 11) is 0. The minimum absolute atomic E-state index is 0.343. The van der Waals surface area contributed by atoms with Gasteiger partial charge in [-0.05, 0) is 31.5 Å². The first-order chi connectivity index (χ1) is 8.84. The molecule has 0 amide bonds. The Morgan fingerprint density at radius 2 is 2.00 bits per heavy atom. The zero-order valence-corrected chi connectivity index (χ0v) is 10.3. The first kappa shape index (κ1) is 11.4. The first-order valence-corrected chi connectivity index (χ1v) is 6.52. The second-order valence-electron chi connectivity index (χ2n) is 4.85. The third-order valence-corrected chi connectivity index (χ3v) is 3.60. The fraction of sp³-hybridized carbons (Fsp3) is 0.333. The van der Waals surface area contributed by atoms with Gasteiger partial charge in [0.25, 0.3) is 0 Å². The van der Waals surface area contributed by atoms with E-state index >= 15 is 0 Å². The van der Waals surface area contributed by atoms with Crippen molar-refractivity contribution < 1.29 is 5.11 Å². The predicted octanol–water partition coefficient (Wildman–Crippen LogP) is 2.71. The Morgan fingerprint density at radius 3 is 2.83 bits per heavy atom. The SMILES string of the molecule is Oc1cccc2c(NCC3CCCN3)cccc12. The van der Waals surface area contributed by atoms with Gasteiger partial charge in [0, 0.05) is 29.0 Å². The van der Waals surface area contributed by atoms with Crippen LogP contribution in [0.2, 0.25) is 0 Å². The molecule has 18 heavy (non-hydrogen) atoms. The summed E-state index contributed by atoms with van der Waals surface area (Å²) >= 11 is 0. The summed E-state index contributed by atoms with van der Waals surface area (Å²) in [4.78, 5) is 0. The number of phenolic OH excluding ortho intramolecular Hbond substituents is 1. The van der Waals surface area contributed by atoms with E-state index in [-0.39, 0.29) is 0 Å². The average Bonchev–Trinajstić information content (AvgIpc) is 2.90. The van der Waals surface area contributed by atoms with Gasteiger partial charge in [0.05, 0.1) is 0 Å². The number of hydrogen-bond donors (Lipinski definition) is 3. The molecule has 0 bridgehead atoms. The van der Waals surface area contributed by atoms with Gasteiger partial charge in [0.15, 0.2) is 0 Å². The number of rotatable bonds is 3. The summed E-state index contributed by atoms with van der Waals surface area (Å²) in [5, 5.41) is 18.8. The molecule has 3 nitrogen and oxygen atoms in total. The molecule has 1 fully saturated rings. The lowest BCUT2D eigenvalue weighted by Crippen LogP contribution is -2.29. The molecule has 1 aliphatic heterocycles. The topological polar surface area (TPSA) is 44.3 Å². The van der Waals surface area contributed by atoms with Gasteiger partial charge in [-0.3, -0.25) is 0 Å². The Labute approximate surface area is 107 Å². The molecule has 1 atom stereocenters. The van der Waals surface area contributed by atoms with Gasteiger partial charge in [0.1, 0.15) is 5.75 Å². The number of phenols is 1. The standard InChI is InChI=1S/C15H18N2O/c18-15-8-2-5-12-13(15)6-1-7-14(12)17-10-11-4-3-9-16-11/h1-2,5-8,11,16-18H,3-4,9-10H2. The van der Waals surface area contributed by atoms with Crippen LogP contribution < -0.4 is 10.6 Å². The van der Waals surface area contributed by atoms with Crippen LogP contribution in [-0.2, 0) is 0 Å². The largest absolute Gasteiger partial charge is 0.507 e. The Bertz CT molecular complexity index is 547. The molecule has 94 valence electrons. The molecular weight excluding hydrogens is 224 g/mol. The fourth-order valence-electron chi connectivity index (χ4n) is 2.61. The molecule has 1 heterocycles. The maximum absolute atomic E-state index is 9.84. The van der Waals surface area contributed by atoms with Gasteiger partial charge in [-0.15, -0.1) is 0 Å². The first-order valence-electron chi connectivity index (χ1n) is 6.52. The third kappa shape index (κ3) is 2.14. The summed E-state index contributed by atoms with van der Waals surface area (Å²) < 4.78 is 0. The molecule has 0 radical (unpaired) electrons. The van der Waals surface area contributed by atoms with Gasteiger partial charge < -0.3 is 15.7 Å². The lowest BCUT2D eigenvalue weighted by Gasteiger charge is -2.14. The summed E-state index contributed by atoms with van der Waals surface area (Å²) in [6, 6.07) is 12.2. The van der Waals surface area contributed by atoms with Crippen molar-refractivity contribution in [1.82, 2.24) is 5.32 Å². The van der Waals surface area contributed by atoms with E-state index in [4.69, 9.17) is 0 Å². The minimum Gasteiger partial charge on any atom is -0.507 e. The zero-order chi connectivity index (χ0) is 12.4. The van der Waals surface area contributed by atoms with Crippen LogP contribution in [0.15, 0.2) is 36.4 Å². The number of aromatic hydroxyl groups is 1. The summed E-state index contributed by atoms with van der Waals surface area (Å²) in [5.41, 5.74) is 1.09. The van der Waals surface area contributed by atoms with Gasteiger partial charge in [-0.2, -0.15) is 0 Å². The van der Waals surface area contributed by atoms with E-state index in [1.165, 1.54) is 12.8 Å². The number of fused-ring (bicyclic) bond motifs is 1. The summed E-state index contributed by atoms with van der Waals surface area (Å²) in [6.45, 7) is 2.07. The maximum atomic E-state index is 9.84. The van der Waals surface area contributed by atoms with E-state index in [9.17, 15) is 5.11 Å². The molecule has 0 aromatic heterocycles. The van der Waals surface area contributed by atoms with Gasteiger partial charge >= 0.3 is 0 Å². The van der Waals surface area contributed by atoms with Crippen molar-refractivity contribution in [2.75, 3.05) is 18.4 Å². The van der Waals surface area contributed by atoms with Crippen LogP contribution in [0.5, 0.6) is 5.75 Å².